The second-order valence-electron chi connectivity index (χ2n) is 4.82. The number of aromatic amines is 1. The zero-order valence-corrected chi connectivity index (χ0v) is 14.4. The Morgan fingerprint density at radius 2 is 2.05 bits per heavy atom. The SMILES string of the molecule is CC1C=CC(c2ccc3cccc([O-])c3[nH+]2)=CC1.[K+]. The van der Waals surface area contributed by atoms with Crippen molar-refractivity contribution in [1.29, 1.82) is 0 Å². The molecular weight excluding hydrogens is 261 g/mol. The average Bonchev–Trinajstić information content (AvgIpc) is 2.40. The van der Waals surface area contributed by atoms with E-state index in [0.717, 1.165) is 17.5 Å². The Labute approximate surface area is 155 Å². The minimum absolute atomic E-state index is 0. The molecule has 1 unspecified atom stereocenters. The predicted molar refractivity (Wildman–Crippen MR) is 70.8 cm³/mol. The van der Waals surface area contributed by atoms with Gasteiger partial charge in [-0.1, -0.05) is 37.3 Å². The third-order valence-electron chi connectivity index (χ3n) is 3.37. The van der Waals surface area contributed by atoms with E-state index >= 15 is 0 Å². The summed E-state index contributed by atoms with van der Waals surface area (Å²) in [6, 6.07) is 9.36. The zero-order valence-electron chi connectivity index (χ0n) is 11.3. The smallest absolute Gasteiger partial charge is 0.868 e. The second kappa shape index (κ2) is 6.33. The molecule has 19 heavy (non-hydrogen) atoms. The molecule has 0 saturated heterocycles. The molecule has 3 rings (SSSR count). The molecule has 0 amide bonds. The number of nitrogens with one attached hydrogen (secondary N) is 1. The number of benzene rings is 1. The maximum Gasteiger partial charge on any atom is 1.00 e. The van der Waals surface area contributed by atoms with Gasteiger partial charge in [0.25, 0.3) is 0 Å². The summed E-state index contributed by atoms with van der Waals surface area (Å²) in [5.74, 6) is 0.646. The average molecular weight is 276 g/mol. The topological polar surface area (TPSA) is 37.2 Å². The molecule has 2 aromatic rings. The Morgan fingerprint density at radius 1 is 1.21 bits per heavy atom. The fraction of sp³-hybridized carbons (Fsp3) is 0.188. The van der Waals surface area contributed by atoms with Crippen LogP contribution in [0.15, 0.2) is 48.6 Å². The van der Waals surface area contributed by atoms with Crippen LogP contribution < -0.4 is 61.5 Å². The minimum Gasteiger partial charge on any atom is -0.868 e. The molecule has 0 saturated carbocycles. The Balaban J connectivity index is 0.00000133. The van der Waals surface area contributed by atoms with Crippen LogP contribution in [0.2, 0.25) is 0 Å². The molecule has 0 aliphatic heterocycles. The molecule has 1 atom stereocenters. The van der Waals surface area contributed by atoms with Crippen molar-refractivity contribution in [3.8, 4) is 5.75 Å². The van der Waals surface area contributed by atoms with Crippen LogP contribution >= 0.6 is 0 Å². The number of hydrogen-bond donors (Lipinski definition) is 0. The quantitative estimate of drug-likeness (QED) is 0.660. The van der Waals surface area contributed by atoms with E-state index in [1.807, 2.05) is 18.2 Å². The van der Waals surface area contributed by atoms with Crippen LogP contribution in [0.25, 0.3) is 16.5 Å². The van der Waals surface area contributed by atoms with E-state index in [1.165, 1.54) is 5.57 Å². The third kappa shape index (κ3) is 3.18. The molecule has 0 spiro atoms. The standard InChI is InChI=1S/C16H15NO.K/c1-11-5-7-12(8-6-11)14-10-9-13-3-2-4-15(18)16(13)17-14;/h2-5,7-11,18H,6H2,1H3;/q;+1. The fourth-order valence-electron chi connectivity index (χ4n) is 2.27. The molecule has 3 heteroatoms. The zero-order chi connectivity index (χ0) is 12.5. The first-order valence-corrected chi connectivity index (χ1v) is 6.25. The third-order valence-corrected chi connectivity index (χ3v) is 3.37. The van der Waals surface area contributed by atoms with Crippen LogP contribution in [-0.4, -0.2) is 0 Å². The molecule has 2 nitrogen and oxygen atoms in total. The van der Waals surface area contributed by atoms with E-state index in [1.54, 1.807) is 12.1 Å². The van der Waals surface area contributed by atoms with Crippen molar-refractivity contribution >= 4 is 16.5 Å². The Bertz CT molecular complexity index is 661. The van der Waals surface area contributed by atoms with Gasteiger partial charge in [-0.25, -0.2) is 4.98 Å². The fourth-order valence-corrected chi connectivity index (χ4v) is 2.27. The van der Waals surface area contributed by atoms with Gasteiger partial charge in [0.1, 0.15) is 0 Å². The number of aromatic nitrogens is 1. The Hall–Kier alpha value is -0.454. The van der Waals surface area contributed by atoms with Gasteiger partial charge in [-0.15, -0.1) is 0 Å². The van der Waals surface area contributed by atoms with Crippen molar-refractivity contribution in [1.82, 2.24) is 0 Å². The minimum atomic E-state index is 0. The van der Waals surface area contributed by atoms with E-state index in [2.05, 4.69) is 30.1 Å². The van der Waals surface area contributed by atoms with Gasteiger partial charge in [0.15, 0.2) is 0 Å². The van der Waals surface area contributed by atoms with Gasteiger partial charge in [-0.2, -0.15) is 0 Å². The molecule has 1 heterocycles. The van der Waals surface area contributed by atoms with E-state index in [4.69, 9.17) is 0 Å². The van der Waals surface area contributed by atoms with Gasteiger partial charge < -0.3 is 5.11 Å². The van der Waals surface area contributed by atoms with Gasteiger partial charge in [0.2, 0.25) is 11.2 Å². The largest absolute Gasteiger partial charge is 1.00 e. The summed E-state index contributed by atoms with van der Waals surface area (Å²) in [7, 11) is 0. The molecule has 1 aromatic carbocycles. The first-order chi connectivity index (χ1) is 8.74. The van der Waals surface area contributed by atoms with Crippen molar-refractivity contribution in [3.63, 3.8) is 0 Å². The molecule has 90 valence electrons. The van der Waals surface area contributed by atoms with Crippen LogP contribution in [0.3, 0.4) is 0 Å². The normalized spacial score (nSPS) is 17.9. The maximum atomic E-state index is 11.8. The maximum absolute atomic E-state index is 11.8. The summed E-state index contributed by atoms with van der Waals surface area (Å²) in [6.45, 7) is 2.20. The summed E-state index contributed by atoms with van der Waals surface area (Å²) in [4.78, 5) is 3.25. The summed E-state index contributed by atoms with van der Waals surface area (Å²) in [5.41, 5.74) is 2.86. The van der Waals surface area contributed by atoms with Crippen LogP contribution in [-0.2, 0) is 0 Å². The first-order valence-electron chi connectivity index (χ1n) is 6.25. The molecule has 1 aliphatic rings. The number of allylic oxidation sites excluding steroid dienone is 4. The van der Waals surface area contributed by atoms with Gasteiger partial charge in [0, 0.05) is 17.0 Å². The van der Waals surface area contributed by atoms with Crippen molar-refractivity contribution in [2.24, 2.45) is 5.92 Å². The number of pyridine rings is 1. The molecule has 0 bridgehead atoms. The molecule has 0 fully saturated rings. The van der Waals surface area contributed by atoms with Gasteiger partial charge >= 0.3 is 51.4 Å². The van der Waals surface area contributed by atoms with Crippen molar-refractivity contribution in [3.05, 3.63) is 54.3 Å². The first kappa shape index (κ1) is 14.9. The van der Waals surface area contributed by atoms with Gasteiger partial charge in [0.05, 0.1) is 0 Å². The Morgan fingerprint density at radius 3 is 2.79 bits per heavy atom. The molecule has 1 N–H and O–H groups in total. The number of H-pyrrole nitrogens is 1. The number of hydrogen-bond acceptors (Lipinski definition) is 1. The molecular formula is C16H15KNO+. The summed E-state index contributed by atoms with van der Waals surface area (Å²) >= 11 is 0. The molecule has 0 radical (unpaired) electrons. The van der Waals surface area contributed by atoms with Crippen LogP contribution in [0.5, 0.6) is 5.75 Å². The number of fused-ring (bicyclic) bond motifs is 1. The Kier molecular flexibility index (Phi) is 4.98. The summed E-state index contributed by atoms with van der Waals surface area (Å²) in [5, 5.41) is 12.8. The van der Waals surface area contributed by atoms with Gasteiger partial charge in [-0.05, 0) is 30.2 Å². The summed E-state index contributed by atoms with van der Waals surface area (Å²) < 4.78 is 0. The van der Waals surface area contributed by atoms with Crippen LogP contribution in [0.4, 0.5) is 0 Å². The predicted octanol–water partition coefficient (Wildman–Crippen LogP) is -0.289. The van der Waals surface area contributed by atoms with E-state index < -0.39 is 0 Å². The van der Waals surface area contributed by atoms with Gasteiger partial charge in [-0.3, -0.25) is 0 Å². The van der Waals surface area contributed by atoms with E-state index in [-0.39, 0.29) is 57.1 Å². The van der Waals surface area contributed by atoms with Crippen molar-refractivity contribution in [2.45, 2.75) is 13.3 Å². The van der Waals surface area contributed by atoms with Crippen LogP contribution in [0.1, 0.15) is 19.0 Å². The molecule has 1 aromatic heterocycles. The molecule has 1 aliphatic carbocycles. The summed E-state index contributed by atoms with van der Waals surface area (Å²) in [6.07, 6.45) is 7.60. The van der Waals surface area contributed by atoms with Crippen molar-refractivity contribution in [2.75, 3.05) is 0 Å². The number of rotatable bonds is 1. The van der Waals surface area contributed by atoms with E-state index in [9.17, 15) is 5.11 Å². The van der Waals surface area contributed by atoms with E-state index in [0.29, 0.717) is 11.4 Å². The monoisotopic (exact) mass is 276 g/mol. The number of para-hydroxylation sites is 1. The van der Waals surface area contributed by atoms with Crippen molar-refractivity contribution < 1.29 is 61.5 Å². The van der Waals surface area contributed by atoms with Crippen LogP contribution in [0, 0.1) is 5.92 Å². The second-order valence-corrected chi connectivity index (χ2v) is 4.82.